The van der Waals surface area contributed by atoms with Crippen LogP contribution in [0.2, 0.25) is 0 Å². The lowest BCUT2D eigenvalue weighted by atomic mass is 10.2. The van der Waals surface area contributed by atoms with Crippen molar-refractivity contribution in [1.29, 1.82) is 0 Å². The van der Waals surface area contributed by atoms with E-state index < -0.39 is 5.91 Å². The zero-order valence-corrected chi connectivity index (χ0v) is 14.6. The standard InChI is InChI=1S/C19H15FN6O/c1-11-22-17(14-5-3-4-8-21-14)24-19(23-11)25-18(27)16-10-12-9-13(20)6-7-15(12)26(16)2/h3-10H,1-2H3,(H,22,23,24,25,27). The Kier molecular flexibility index (Phi) is 4.08. The minimum Gasteiger partial charge on any atom is -0.340 e. The summed E-state index contributed by atoms with van der Waals surface area (Å²) >= 11 is 0. The molecule has 0 fully saturated rings. The van der Waals surface area contributed by atoms with Gasteiger partial charge in [0.05, 0.1) is 0 Å². The highest BCUT2D eigenvalue weighted by atomic mass is 19.1. The van der Waals surface area contributed by atoms with Crippen LogP contribution in [0.1, 0.15) is 16.3 Å². The fraction of sp³-hybridized carbons (Fsp3) is 0.105. The average Bonchev–Trinajstić information content (AvgIpc) is 2.98. The highest BCUT2D eigenvalue weighted by Crippen LogP contribution is 2.21. The van der Waals surface area contributed by atoms with Gasteiger partial charge in [-0.05, 0) is 43.3 Å². The Balaban J connectivity index is 1.67. The third kappa shape index (κ3) is 3.24. The van der Waals surface area contributed by atoms with Gasteiger partial charge in [0.1, 0.15) is 23.0 Å². The number of aromatic nitrogens is 5. The van der Waals surface area contributed by atoms with Gasteiger partial charge in [-0.1, -0.05) is 6.07 Å². The van der Waals surface area contributed by atoms with E-state index in [9.17, 15) is 9.18 Å². The first kappa shape index (κ1) is 16.8. The van der Waals surface area contributed by atoms with E-state index in [1.807, 2.05) is 6.07 Å². The smallest absolute Gasteiger partial charge is 0.274 e. The second kappa shape index (κ2) is 6.56. The van der Waals surface area contributed by atoms with Crippen molar-refractivity contribution >= 4 is 22.8 Å². The van der Waals surface area contributed by atoms with Gasteiger partial charge in [0.25, 0.3) is 5.91 Å². The van der Waals surface area contributed by atoms with Crippen molar-refractivity contribution in [1.82, 2.24) is 24.5 Å². The van der Waals surface area contributed by atoms with Crippen LogP contribution in [-0.4, -0.2) is 30.4 Å². The van der Waals surface area contributed by atoms with Crippen LogP contribution in [0, 0.1) is 12.7 Å². The number of benzene rings is 1. The third-order valence-electron chi connectivity index (χ3n) is 4.10. The van der Waals surface area contributed by atoms with E-state index in [-0.39, 0.29) is 11.8 Å². The largest absolute Gasteiger partial charge is 0.340 e. The molecular weight excluding hydrogens is 347 g/mol. The van der Waals surface area contributed by atoms with E-state index in [1.165, 1.54) is 12.1 Å². The molecule has 0 radical (unpaired) electrons. The van der Waals surface area contributed by atoms with E-state index >= 15 is 0 Å². The molecule has 0 unspecified atom stereocenters. The Labute approximate surface area is 153 Å². The number of aryl methyl sites for hydroxylation is 2. The molecule has 3 aromatic heterocycles. The van der Waals surface area contributed by atoms with E-state index in [2.05, 4.69) is 25.3 Å². The summed E-state index contributed by atoms with van der Waals surface area (Å²) in [5.41, 5.74) is 1.70. The van der Waals surface area contributed by atoms with Crippen molar-refractivity contribution in [3.63, 3.8) is 0 Å². The molecule has 27 heavy (non-hydrogen) atoms. The first-order valence-corrected chi connectivity index (χ1v) is 8.22. The molecule has 0 aliphatic rings. The number of halogens is 1. The second-order valence-corrected chi connectivity index (χ2v) is 5.99. The van der Waals surface area contributed by atoms with Crippen LogP contribution >= 0.6 is 0 Å². The number of hydrogen-bond donors (Lipinski definition) is 1. The number of nitrogens with zero attached hydrogens (tertiary/aromatic N) is 5. The molecule has 3 heterocycles. The summed E-state index contributed by atoms with van der Waals surface area (Å²) in [6.45, 7) is 1.71. The predicted octanol–water partition coefficient (Wildman–Crippen LogP) is 3.13. The van der Waals surface area contributed by atoms with Gasteiger partial charge in [0, 0.05) is 24.1 Å². The number of fused-ring (bicyclic) bond motifs is 1. The normalized spacial score (nSPS) is 10.9. The predicted molar refractivity (Wildman–Crippen MR) is 98.6 cm³/mol. The summed E-state index contributed by atoms with van der Waals surface area (Å²) in [5, 5.41) is 3.32. The topological polar surface area (TPSA) is 85.6 Å². The van der Waals surface area contributed by atoms with Gasteiger partial charge in [-0.2, -0.15) is 9.97 Å². The van der Waals surface area contributed by atoms with Crippen molar-refractivity contribution in [3.05, 3.63) is 66.0 Å². The lowest BCUT2D eigenvalue weighted by Crippen LogP contribution is -2.18. The average molecular weight is 362 g/mol. The molecule has 1 amide bonds. The van der Waals surface area contributed by atoms with Gasteiger partial charge < -0.3 is 4.57 Å². The van der Waals surface area contributed by atoms with Gasteiger partial charge in [-0.3, -0.25) is 15.1 Å². The molecule has 0 bridgehead atoms. The maximum atomic E-state index is 13.4. The molecule has 8 heteroatoms. The number of rotatable bonds is 3. The molecule has 0 spiro atoms. The highest BCUT2D eigenvalue weighted by molar-refractivity contribution is 6.05. The molecule has 4 rings (SSSR count). The van der Waals surface area contributed by atoms with Crippen molar-refractivity contribution in [2.75, 3.05) is 5.32 Å². The van der Waals surface area contributed by atoms with E-state index in [1.54, 1.807) is 49.0 Å². The van der Waals surface area contributed by atoms with Crippen LogP contribution in [0.4, 0.5) is 10.3 Å². The van der Waals surface area contributed by atoms with Gasteiger partial charge in [0.2, 0.25) is 5.95 Å². The van der Waals surface area contributed by atoms with E-state index in [0.717, 1.165) is 5.52 Å². The summed E-state index contributed by atoms with van der Waals surface area (Å²) in [7, 11) is 1.74. The third-order valence-corrected chi connectivity index (χ3v) is 4.10. The molecule has 1 N–H and O–H groups in total. The maximum absolute atomic E-state index is 13.4. The highest BCUT2D eigenvalue weighted by Gasteiger charge is 2.16. The van der Waals surface area contributed by atoms with Crippen LogP contribution in [0.5, 0.6) is 0 Å². The number of anilines is 1. The summed E-state index contributed by atoms with van der Waals surface area (Å²) in [4.78, 5) is 29.6. The van der Waals surface area contributed by atoms with Gasteiger partial charge in [0.15, 0.2) is 5.82 Å². The zero-order chi connectivity index (χ0) is 19.0. The van der Waals surface area contributed by atoms with E-state index in [4.69, 9.17) is 0 Å². The van der Waals surface area contributed by atoms with E-state index in [0.29, 0.717) is 28.4 Å². The second-order valence-electron chi connectivity index (χ2n) is 5.99. The Morgan fingerprint density at radius 2 is 1.96 bits per heavy atom. The molecule has 1 aromatic carbocycles. The van der Waals surface area contributed by atoms with Crippen molar-refractivity contribution in [2.24, 2.45) is 7.05 Å². The summed E-state index contributed by atoms with van der Waals surface area (Å²) in [5.74, 6) is 0.210. The van der Waals surface area contributed by atoms with Crippen LogP contribution in [-0.2, 0) is 7.05 Å². The summed E-state index contributed by atoms with van der Waals surface area (Å²) in [6, 6.07) is 11.4. The minimum absolute atomic E-state index is 0.129. The number of amides is 1. The first-order valence-electron chi connectivity index (χ1n) is 8.22. The number of pyridine rings is 1. The van der Waals surface area contributed by atoms with Crippen molar-refractivity contribution in [2.45, 2.75) is 6.92 Å². The lowest BCUT2D eigenvalue weighted by Gasteiger charge is -2.07. The summed E-state index contributed by atoms with van der Waals surface area (Å²) in [6.07, 6.45) is 1.64. The van der Waals surface area contributed by atoms with Gasteiger partial charge >= 0.3 is 0 Å². The van der Waals surface area contributed by atoms with Crippen LogP contribution in [0.25, 0.3) is 22.4 Å². The van der Waals surface area contributed by atoms with Gasteiger partial charge in [-0.15, -0.1) is 0 Å². The van der Waals surface area contributed by atoms with Gasteiger partial charge in [-0.25, -0.2) is 9.37 Å². The number of hydrogen-bond acceptors (Lipinski definition) is 5. The Hall–Kier alpha value is -3.68. The number of nitrogens with one attached hydrogen (secondary N) is 1. The van der Waals surface area contributed by atoms with Crippen LogP contribution in [0.15, 0.2) is 48.7 Å². The Bertz CT molecular complexity index is 1160. The monoisotopic (exact) mass is 362 g/mol. The molecule has 0 aliphatic carbocycles. The molecule has 0 atom stereocenters. The van der Waals surface area contributed by atoms with Crippen LogP contribution < -0.4 is 5.32 Å². The first-order chi connectivity index (χ1) is 13.0. The molecule has 0 saturated heterocycles. The maximum Gasteiger partial charge on any atom is 0.274 e. The molecular formula is C19H15FN6O. The number of carbonyl (C=O) groups is 1. The Morgan fingerprint density at radius 1 is 1.11 bits per heavy atom. The SMILES string of the molecule is Cc1nc(NC(=O)c2cc3cc(F)ccc3n2C)nc(-c2ccccn2)n1. The van der Waals surface area contributed by atoms with Crippen LogP contribution in [0.3, 0.4) is 0 Å². The quantitative estimate of drug-likeness (QED) is 0.605. The number of carbonyl (C=O) groups excluding carboxylic acids is 1. The molecule has 0 saturated carbocycles. The Morgan fingerprint density at radius 3 is 2.74 bits per heavy atom. The molecule has 134 valence electrons. The molecule has 4 aromatic rings. The van der Waals surface area contributed by atoms with Crippen molar-refractivity contribution < 1.29 is 9.18 Å². The van der Waals surface area contributed by atoms with Crippen molar-refractivity contribution in [3.8, 4) is 11.5 Å². The molecule has 7 nitrogen and oxygen atoms in total. The fourth-order valence-electron chi connectivity index (χ4n) is 2.85. The lowest BCUT2D eigenvalue weighted by molar-refractivity contribution is 0.101. The minimum atomic E-state index is -0.397. The fourth-order valence-corrected chi connectivity index (χ4v) is 2.85. The molecule has 0 aliphatic heterocycles. The zero-order valence-electron chi connectivity index (χ0n) is 14.6. The summed E-state index contributed by atoms with van der Waals surface area (Å²) < 4.78 is 15.1.